The monoisotopic (exact) mass is 260 g/mol. The predicted octanol–water partition coefficient (Wildman–Crippen LogP) is 2.23. The van der Waals surface area contributed by atoms with Gasteiger partial charge in [0.05, 0.1) is 6.07 Å². The Labute approximate surface area is 112 Å². The molecule has 100 valence electrons. The smallest absolute Gasteiger partial charge is 0.252 e. The molecular weight excluding hydrogens is 244 g/mol. The van der Waals surface area contributed by atoms with Gasteiger partial charge in [-0.25, -0.2) is 0 Å². The van der Waals surface area contributed by atoms with Gasteiger partial charge in [-0.15, -0.1) is 0 Å². The fourth-order valence-corrected chi connectivity index (χ4v) is 1.94. The Morgan fingerprint density at radius 1 is 1.37 bits per heavy atom. The predicted molar refractivity (Wildman–Crippen MR) is 69.0 cm³/mol. The Hall–Kier alpha value is -2.22. The van der Waals surface area contributed by atoms with E-state index in [0.29, 0.717) is 29.9 Å². The van der Waals surface area contributed by atoms with Crippen LogP contribution >= 0.6 is 0 Å². The van der Waals surface area contributed by atoms with E-state index >= 15 is 0 Å². The first-order valence-corrected chi connectivity index (χ1v) is 6.27. The molecule has 1 aromatic rings. The summed E-state index contributed by atoms with van der Waals surface area (Å²) in [5.41, 5.74) is -0.348. The number of carbonyl (C=O) groups is 1. The van der Waals surface area contributed by atoms with Gasteiger partial charge in [-0.05, 0) is 31.0 Å². The van der Waals surface area contributed by atoms with E-state index in [-0.39, 0.29) is 12.7 Å². The molecule has 19 heavy (non-hydrogen) atoms. The summed E-state index contributed by atoms with van der Waals surface area (Å²) in [4.78, 5) is 12.2. The number of hydrogen-bond acceptors (Lipinski definition) is 4. The highest BCUT2D eigenvalue weighted by molar-refractivity contribution is 5.95. The normalized spacial score (nSPS) is 12.9. The third-order valence-corrected chi connectivity index (χ3v) is 3.41. The summed E-state index contributed by atoms with van der Waals surface area (Å²) in [5, 5.41) is 12.0. The summed E-state index contributed by atoms with van der Waals surface area (Å²) in [6, 6.07) is 7.17. The zero-order chi connectivity index (χ0) is 13.9. The number of fused-ring (bicyclic) bond motifs is 1. The molecule has 0 unspecified atom stereocenters. The van der Waals surface area contributed by atoms with Gasteiger partial charge < -0.3 is 14.8 Å². The molecule has 1 N–H and O–H groups in total. The van der Waals surface area contributed by atoms with Gasteiger partial charge in [0.15, 0.2) is 11.5 Å². The number of hydrogen-bond donors (Lipinski definition) is 1. The summed E-state index contributed by atoms with van der Waals surface area (Å²) in [6.07, 6.45) is 1.13. The molecule has 0 saturated carbocycles. The van der Waals surface area contributed by atoms with Crippen molar-refractivity contribution < 1.29 is 14.3 Å². The van der Waals surface area contributed by atoms with Crippen LogP contribution in [-0.4, -0.2) is 18.2 Å². The van der Waals surface area contributed by atoms with Crippen LogP contribution in [0.5, 0.6) is 11.5 Å². The first-order chi connectivity index (χ1) is 9.14. The van der Waals surface area contributed by atoms with Crippen LogP contribution in [-0.2, 0) is 0 Å². The number of nitriles is 1. The van der Waals surface area contributed by atoms with Crippen molar-refractivity contribution in [3.05, 3.63) is 23.8 Å². The molecule has 0 saturated heterocycles. The second-order valence-electron chi connectivity index (χ2n) is 4.42. The lowest BCUT2D eigenvalue weighted by atomic mass is 9.94. The molecule has 1 amide bonds. The van der Waals surface area contributed by atoms with Crippen molar-refractivity contribution in [2.75, 3.05) is 6.79 Å². The quantitative estimate of drug-likeness (QED) is 0.901. The van der Waals surface area contributed by atoms with E-state index in [1.54, 1.807) is 18.2 Å². The second-order valence-corrected chi connectivity index (χ2v) is 4.42. The van der Waals surface area contributed by atoms with Crippen molar-refractivity contribution in [2.24, 2.45) is 0 Å². The molecule has 5 heteroatoms. The molecule has 0 bridgehead atoms. The van der Waals surface area contributed by atoms with E-state index in [4.69, 9.17) is 9.47 Å². The van der Waals surface area contributed by atoms with Crippen molar-refractivity contribution in [3.63, 3.8) is 0 Å². The lowest BCUT2D eigenvalue weighted by Crippen LogP contribution is -2.46. The first kappa shape index (κ1) is 13.2. The molecule has 1 aromatic carbocycles. The van der Waals surface area contributed by atoms with Gasteiger partial charge >= 0.3 is 0 Å². The summed E-state index contributed by atoms with van der Waals surface area (Å²) in [6.45, 7) is 3.94. The molecule has 1 aliphatic heterocycles. The Morgan fingerprint density at radius 2 is 2.05 bits per heavy atom. The van der Waals surface area contributed by atoms with Crippen LogP contribution < -0.4 is 14.8 Å². The van der Waals surface area contributed by atoms with Gasteiger partial charge in [0.25, 0.3) is 5.91 Å². The fraction of sp³-hybridized carbons (Fsp3) is 0.429. The molecule has 0 spiro atoms. The highest BCUT2D eigenvalue weighted by atomic mass is 16.7. The number of benzene rings is 1. The van der Waals surface area contributed by atoms with E-state index < -0.39 is 5.54 Å². The number of carbonyl (C=O) groups excluding carboxylic acids is 1. The number of nitrogens with one attached hydrogen (secondary N) is 1. The van der Waals surface area contributed by atoms with Crippen molar-refractivity contribution >= 4 is 5.91 Å². The van der Waals surface area contributed by atoms with E-state index in [1.807, 2.05) is 13.8 Å². The fourth-order valence-electron chi connectivity index (χ4n) is 1.94. The van der Waals surface area contributed by atoms with Crippen LogP contribution in [0.4, 0.5) is 0 Å². The molecule has 2 rings (SSSR count). The zero-order valence-corrected chi connectivity index (χ0v) is 11.0. The van der Waals surface area contributed by atoms with Crippen LogP contribution in [0, 0.1) is 11.3 Å². The van der Waals surface area contributed by atoms with Crippen molar-refractivity contribution in [3.8, 4) is 17.6 Å². The molecule has 0 fully saturated rings. The summed E-state index contributed by atoms with van der Waals surface area (Å²) in [5.74, 6) is 0.917. The molecule has 0 radical (unpaired) electrons. The lowest BCUT2D eigenvalue weighted by molar-refractivity contribution is 0.0915. The highest BCUT2D eigenvalue weighted by Crippen LogP contribution is 2.32. The maximum absolute atomic E-state index is 12.2. The minimum Gasteiger partial charge on any atom is -0.454 e. The topological polar surface area (TPSA) is 71.4 Å². The van der Waals surface area contributed by atoms with Crippen molar-refractivity contribution in [1.82, 2.24) is 5.32 Å². The van der Waals surface area contributed by atoms with Gasteiger partial charge in [-0.1, -0.05) is 13.8 Å². The molecule has 0 aliphatic carbocycles. The maximum atomic E-state index is 12.2. The van der Waals surface area contributed by atoms with Crippen LogP contribution in [0.3, 0.4) is 0 Å². The minimum absolute atomic E-state index is 0.173. The van der Waals surface area contributed by atoms with Crippen LogP contribution in [0.2, 0.25) is 0 Å². The third kappa shape index (κ3) is 2.48. The Balaban J connectivity index is 2.19. The van der Waals surface area contributed by atoms with Gasteiger partial charge in [0, 0.05) is 5.56 Å². The van der Waals surface area contributed by atoms with Gasteiger partial charge in [-0.2, -0.15) is 5.26 Å². The third-order valence-electron chi connectivity index (χ3n) is 3.41. The average molecular weight is 260 g/mol. The van der Waals surface area contributed by atoms with Gasteiger partial charge in [0.1, 0.15) is 5.54 Å². The van der Waals surface area contributed by atoms with Crippen LogP contribution in [0.1, 0.15) is 37.0 Å². The van der Waals surface area contributed by atoms with E-state index in [1.165, 1.54) is 0 Å². The van der Waals surface area contributed by atoms with Gasteiger partial charge in [-0.3, -0.25) is 4.79 Å². The molecule has 1 aliphatic rings. The molecule has 1 heterocycles. The van der Waals surface area contributed by atoms with Crippen LogP contribution in [0.15, 0.2) is 18.2 Å². The Kier molecular flexibility index (Phi) is 3.61. The Bertz CT molecular complexity index is 530. The standard InChI is InChI=1S/C14H16N2O3/c1-3-14(4-2,8-15)16-13(17)10-5-6-11-12(7-10)19-9-18-11/h5-7H,3-4,9H2,1-2H3,(H,16,17). The van der Waals surface area contributed by atoms with Crippen molar-refractivity contribution in [1.29, 1.82) is 5.26 Å². The number of amides is 1. The lowest BCUT2D eigenvalue weighted by Gasteiger charge is -2.24. The summed E-state index contributed by atoms with van der Waals surface area (Å²) in [7, 11) is 0. The van der Waals surface area contributed by atoms with Crippen LogP contribution in [0.25, 0.3) is 0 Å². The summed E-state index contributed by atoms with van der Waals surface area (Å²) >= 11 is 0. The number of nitrogens with zero attached hydrogens (tertiary/aromatic N) is 1. The minimum atomic E-state index is -0.812. The molecular formula is C14H16N2O3. The second kappa shape index (κ2) is 5.19. The number of ether oxygens (including phenoxy) is 2. The largest absolute Gasteiger partial charge is 0.454 e. The van der Waals surface area contributed by atoms with E-state index in [0.717, 1.165) is 0 Å². The average Bonchev–Trinajstić information content (AvgIpc) is 2.92. The molecule has 0 aromatic heterocycles. The zero-order valence-electron chi connectivity index (χ0n) is 11.0. The van der Waals surface area contributed by atoms with E-state index in [9.17, 15) is 10.1 Å². The van der Waals surface area contributed by atoms with Gasteiger partial charge in [0.2, 0.25) is 6.79 Å². The first-order valence-electron chi connectivity index (χ1n) is 6.27. The van der Waals surface area contributed by atoms with E-state index in [2.05, 4.69) is 11.4 Å². The SMILES string of the molecule is CCC(C#N)(CC)NC(=O)c1ccc2c(c1)OCO2. The van der Waals surface area contributed by atoms with Crippen molar-refractivity contribution in [2.45, 2.75) is 32.2 Å². The molecule has 0 atom stereocenters. The maximum Gasteiger partial charge on any atom is 0.252 e. The Morgan fingerprint density at radius 3 is 2.68 bits per heavy atom. The summed E-state index contributed by atoms with van der Waals surface area (Å²) < 4.78 is 10.4. The molecule has 5 nitrogen and oxygen atoms in total. The highest BCUT2D eigenvalue weighted by Gasteiger charge is 2.28. The number of rotatable bonds is 4.